The number of methoxy groups -OCH3 is 1. The van der Waals surface area contributed by atoms with Crippen LogP contribution in [0.4, 0.5) is 0 Å². The third kappa shape index (κ3) is 5.20. The Morgan fingerprint density at radius 2 is 1.95 bits per heavy atom. The van der Waals surface area contributed by atoms with Gasteiger partial charge >= 0.3 is 5.97 Å². The Hall–Kier alpha value is -0.370. The van der Waals surface area contributed by atoms with Crippen molar-refractivity contribution in [2.24, 2.45) is 5.92 Å². The number of hydrogen-bond donors (Lipinski definition) is 2. The number of nitrogens with one attached hydrogen (secondary N) is 2. The SMILES string of the molecule is CNC(C)CNS(=O)(=O)C1CCCCC1C(=O)OC.Cl. The van der Waals surface area contributed by atoms with Crippen molar-refractivity contribution in [1.82, 2.24) is 10.0 Å². The van der Waals surface area contributed by atoms with Gasteiger partial charge in [-0.15, -0.1) is 12.4 Å². The first-order valence-corrected chi connectivity index (χ1v) is 8.20. The molecule has 0 saturated heterocycles. The zero-order chi connectivity index (χ0) is 14.5. The molecule has 1 fully saturated rings. The molecule has 1 rings (SSSR count). The number of likely N-dealkylation sites (N-methyl/N-ethyl adjacent to an activating group) is 1. The van der Waals surface area contributed by atoms with Crippen LogP contribution in [0.1, 0.15) is 32.6 Å². The molecule has 1 aliphatic carbocycles. The van der Waals surface area contributed by atoms with Crippen LogP contribution in [0.2, 0.25) is 0 Å². The second kappa shape index (κ2) is 8.81. The van der Waals surface area contributed by atoms with Crippen molar-refractivity contribution in [2.75, 3.05) is 20.7 Å². The summed E-state index contributed by atoms with van der Waals surface area (Å²) in [5.41, 5.74) is 0. The zero-order valence-electron chi connectivity index (χ0n) is 12.2. The molecule has 6 nitrogen and oxygen atoms in total. The smallest absolute Gasteiger partial charge is 0.310 e. The van der Waals surface area contributed by atoms with E-state index in [-0.39, 0.29) is 18.4 Å². The normalized spacial score (nSPS) is 24.6. The van der Waals surface area contributed by atoms with Crippen molar-refractivity contribution < 1.29 is 17.9 Å². The van der Waals surface area contributed by atoms with Crippen molar-refractivity contribution in [1.29, 1.82) is 0 Å². The standard InChI is InChI=1S/C12H24N2O4S.ClH/c1-9(13-2)8-14-19(16,17)11-7-5-4-6-10(11)12(15)18-3;/h9-11,13-14H,4-8H2,1-3H3;1H. The summed E-state index contributed by atoms with van der Waals surface area (Å²) in [7, 11) is -0.406. The molecule has 0 bridgehead atoms. The lowest BCUT2D eigenvalue weighted by Gasteiger charge is -2.29. The Bertz CT molecular complexity index is 402. The van der Waals surface area contributed by atoms with E-state index in [9.17, 15) is 13.2 Å². The van der Waals surface area contributed by atoms with Crippen molar-refractivity contribution >= 4 is 28.4 Å². The van der Waals surface area contributed by atoms with E-state index in [0.717, 1.165) is 12.8 Å². The van der Waals surface area contributed by atoms with Crippen molar-refractivity contribution in [2.45, 2.75) is 43.9 Å². The number of rotatable bonds is 6. The Balaban J connectivity index is 0.00000361. The van der Waals surface area contributed by atoms with E-state index in [1.54, 1.807) is 7.05 Å². The molecule has 3 unspecified atom stereocenters. The maximum absolute atomic E-state index is 12.3. The third-order valence-corrected chi connectivity index (χ3v) is 5.62. The highest BCUT2D eigenvalue weighted by atomic mass is 35.5. The van der Waals surface area contributed by atoms with Gasteiger partial charge in [-0.25, -0.2) is 13.1 Å². The van der Waals surface area contributed by atoms with E-state index >= 15 is 0 Å². The van der Waals surface area contributed by atoms with E-state index in [2.05, 4.69) is 10.0 Å². The summed E-state index contributed by atoms with van der Waals surface area (Å²) in [6.07, 6.45) is 2.81. The van der Waals surface area contributed by atoms with Crippen molar-refractivity contribution in [3.63, 3.8) is 0 Å². The maximum Gasteiger partial charge on any atom is 0.310 e. The zero-order valence-corrected chi connectivity index (χ0v) is 13.9. The predicted molar refractivity (Wildman–Crippen MR) is 80.5 cm³/mol. The van der Waals surface area contributed by atoms with Crippen LogP contribution >= 0.6 is 12.4 Å². The molecule has 1 aliphatic rings. The highest BCUT2D eigenvalue weighted by Crippen LogP contribution is 2.30. The molecule has 0 aromatic heterocycles. The first kappa shape index (κ1) is 19.6. The van der Waals surface area contributed by atoms with E-state index in [1.165, 1.54) is 7.11 Å². The van der Waals surface area contributed by atoms with Gasteiger partial charge in [0.1, 0.15) is 0 Å². The molecule has 8 heteroatoms. The van der Waals surface area contributed by atoms with Gasteiger partial charge in [0, 0.05) is 12.6 Å². The molecule has 0 aromatic carbocycles. The number of hydrogen-bond acceptors (Lipinski definition) is 5. The fourth-order valence-corrected chi connectivity index (χ4v) is 4.19. The summed E-state index contributed by atoms with van der Waals surface area (Å²) in [6, 6.07) is 0.0509. The molecule has 0 aliphatic heterocycles. The van der Waals surface area contributed by atoms with Crippen LogP contribution in [0, 0.1) is 5.92 Å². The Labute approximate surface area is 127 Å². The molecule has 0 heterocycles. The second-order valence-corrected chi connectivity index (χ2v) is 7.02. The summed E-state index contributed by atoms with van der Waals surface area (Å²) < 4.78 is 31.9. The Morgan fingerprint density at radius 1 is 1.35 bits per heavy atom. The first-order chi connectivity index (χ1) is 8.92. The number of carbonyl (C=O) groups is 1. The van der Waals surface area contributed by atoms with E-state index in [4.69, 9.17) is 4.74 Å². The molecule has 0 spiro atoms. The molecular formula is C12H25ClN2O4S. The van der Waals surface area contributed by atoms with Crippen LogP contribution in [0.15, 0.2) is 0 Å². The average molecular weight is 329 g/mol. The van der Waals surface area contributed by atoms with Gasteiger partial charge in [0.25, 0.3) is 0 Å². The molecular weight excluding hydrogens is 304 g/mol. The molecule has 2 N–H and O–H groups in total. The Kier molecular flexibility index (Phi) is 8.65. The van der Waals surface area contributed by atoms with E-state index in [0.29, 0.717) is 19.4 Å². The predicted octanol–water partition coefficient (Wildman–Crippen LogP) is 0.667. The number of ether oxygens (including phenoxy) is 1. The summed E-state index contributed by atoms with van der Waals surface area (Å²) in [6.45, 7) is 2.21. The fraction of sp³-hybridized carbons (Fsp3) is 0.917. The summed E-state index contributed by atoms with van der Waals surface area (Å²) in [5, 5.41) is 2.30. The minimum atomic E-state index is -3.48. The quantitative estimate of drug-likeness (QED) is 0.700. The van der Waals surface area contributed by atoms with Crippen molar-refractivity contribution in [3.05, 3.63) is 0 Å². The van der Waals surface area contributed by atoms with Crippen LogP contribution in [0.25, 0.3) is 0 Å². The molecule has 0 aromatic rings. The highest BCUT2D eigenvalue weighted by molar-refractivity contribution is 7.90. The monoisotopic (exact) mass is 328 g/mol. The Morgan fingerprint density at radius 3 is 2.50 bits per heavy atom. The van der Waals surface area contributed by atoms with Gasteiger partial charge in [-0.2, -0.15) is 0 Å². The van der Waals surface area contributed by atoms with Crippen LogP contribution < -0.4 is 10.0 Å². The number of halogens is 1. The molecule has 0 radical (unpaired) electrons. The number of carbonyl (C=O) groups excluding carboxylic acids is 1. The minimum Gasteiger partial charge on any atom is -0.469 e. The first-order valence-electron chi connectivity index (χ1n) is 6.66. The van der Waals surface area contributed by atoms with Crippen LogP contribution in [-0.4, -0.2) is 46.4 Å². The third-order valence-electron chi connectivity index (χ3n) is 3.69. The van der Waals surface area contributed by atoms with Gasteiger partial charge in [0.15, 0.2) is 0 Å². The van der Waals surface area contributed by atoms with Crippen LogP contribution in [0.3, 0.4) is 0 Å². The van der Waals surface area contributed by atoms with Crippen LogP contribution in [0.5, 0.6) is 0 Å². The highest BCUT2D eigenvalue weighted by Gasteiger charge is 2.40. The minimum absolute atomic E-state index is 0. The lowest BCUT2D eigenvalue weighted by atomic mass is 9.89. The van der Waals surface area contributed by atoms with E-state index in [1.807, 2.05) is 6.92 Å². The van der Waals surface area contributed by atoms with Gasteiger partial charge in [-0.1, -0.05) is 12.8 Å². The lowest BCUT2D eigenvalue weighted by Crippen LogP contribution is -2.47. The number of esters is 1. The van der Waals surface area contributed by atoms with Crippen molar-refractivity contribution in [3.8, 4) is 0 Å². The van der Waals surface area contributed by atoms with Gasteiger partial charge in [0.05, 0.1) is 18.3 Å². The lowest BCUT2D eigenvalue weighted by molar-refractivity contribution is -0.146. The maximum atomic E-state index is 12.3. The topological polar surface area (TPSA) is 84.5 Å². The van der Waals surface area contributed by atoms with Gasteiger partial charge in [0.2, 0.25) is 10.0 Å². The molecule has 1 saturated carbocycles. The summed E-state index contributed by atoms with van der Waals surface area (Å²) >= 11 is 0. The van der Waals surface area contributed by atoms with E-state index < -0.39 is 27.2 Å². The van der Waals surface area contributed by atoms with Gasteiger partial charge < -0.3 is 10.1 Å². The summed E-state index contributed by atoms with van der Waals surface area (Å²) in [5.74, 6) is -0.960. The molecule has 3 atom stereocenters. The number of sulfonamides is 1. The van der Waals surface area contributed by atoms with Gasteiger partial charge in [-0.3, -0.25) is 4.79 Å². The summed E-state index contributed by atoms with van der Waals surface area (Å²) in [4.78, 5) is 11.7. The largest absolute Gasteiger partial charge is 0.469 e. The second-order valence-electron chi connectivity index (χ2n) is 5.04. The molecule has 120 valence electrons. The fourth-order valence-electron chi connectivity index (χ4n) is 2.34. The van der Waals surface area contributed by atoms with Crippen LogP contribution in [-0.2, 0) is 19.6 Å². The average Bonchev–Trinajstić information content (AvgIpc) is 2.43. The molecule has 0 amide bonds. The van der Waals surface area contributed by atoms with Gasteiger partial charge in [-0.05, 0) is 26.8 Å². The molecule has 20 heavy (non-hydrogen) atoms.